The fourth-order valence-electron chi connectivity index (χ4n) is 1.81. The Kier molecular flexibility index (Phi) is 2.91. The first-order chi connectivity index (χ1) is 5.59. The van der Waals surface area contributed by atoms with Gasteiger partial charge in [0.2, 0.25) is 0 Å². The van der Waals surface area contributed by atoms with Gasteiger partial charge in [-0.3, -0.25) is 4.90 Å². The lowest BCUT2D eigenvalue weighted by atomic mass is 9.87. The summed E-state index contributed by atoms with van der Waals surface area (Å²) in [7, 11) is 0. The van der Waals surface area contributed by atoms with Gasteiger partial charge in [0.1, 0.15) is 0 Å². The summed E-state index contributed by atoms with van der Waals surface area (Å²) in [5.41, 5.74) is -0.0769. The van der Waals surface area contributed by atoms with Crippen molar-refractivity contribution in [1.82, 2.24) is 4.90 Å². The second-order valence-electron chi connectivity index (χ2n) is 4.05. The van der Waals surface area contributed by atoms with Gasteiger partial charge in [0.15, 0.2) is 0 Å². The average Bonchev–Trinajstić information content (AvgIpc) is 2.00. The van der Waals surface area contributed by atoms with Gasteiger partial charge in [-0.1, -0.05) is 6.08 Å². The third-order valence-electron chi connectivity index (χ3n) is 2.89. The molecular formula is C10H19NO. The molecule has 0 bridgehead atoms. The van der Waals surface area contributed by atoms with Crippen molar-refractivity contribution in [3.05, 3.63) is 12.7 Å². The Bertz CT molecular complexity index is 165. The third kappa shape index (κ3) is 1.70. The second-order valence-corrected chi connectivity index (χ2v) is 4.05. The molecule has 0 aromatic rings. The van der Waals surface area contributed by atoms with E-state index in [1.54, 1.807) is 0 Å². The fraction of sp³-hybridized carbons (Fsp3) is 0.800. The van der Waals surface area contributed by atoms with Crippen LogP contribution in [-0.4, -0.2) is 34.7 Å². The maximum absolute atomic E-state index is 9.76. The lowest BCUT2D eigenvalue weighted by Crippen LogP contribution is -2.55. The molecule has 0 radical (unpaired) electrons. The Labute approximate surface area is 74.9 Å². The predicted molar refractivity (Wildman–Crippen MR) is 51.1 cm³/mol. The number of nitrogens with zero attached hydrogens (tertiary/aromatic N) is 1. The van der Waals surface area contributed by atoms with Crippen molar-refractivity contribution in [1.29, 1.82) is 0 Å². The molecule has 1 atom stereocenters. The van der Waals surface area contributed by atoms with Crippen LogP contribution in [0.5, 0.6) is 0 Å². The topological polar surface area (TPSA) is 23.5 Å². The Balaban J connectivity index is 2.65. The molecular weight excluding hydrogens is 150 g/mol. The van der Waals surface area contributed by atoms with Gasteiger partial charge >= 0.3 is 0 Å². The van der Waals surface area contributed by atoms with Crippen LogP contribution in [0.15, 0.2) is 12.7 Å². The summed E-state index contributed by atoms with van der Waals surface area (Å²) in [6, 6.07) is 0. The first kappa shape index (κ1) is 9.75. The van der Waals surface area contributed by atoms with Gasteiger partial charge in [0.05, 0.1) is 6.10 Å². The number of aliphatic hydroxyl groups is 1. The van der Waals surface area contributed by atoms with Crippen LogP contribution in [0, 0.1) is 0 Å². The fourth-order valence-corrected chi connectivity index (χ4v) is 1.81. The number of rotatable bonds is 2. The molecule has 0 saturated carbocycles. The van der Waals surface area contributed by atoms with E-state index in [1.807, 2.05) is 6.08 Å². The Morgan fingerprint density at radius 2 is 2.33 bits per heavy atom. The largest absolute Gasteiger partial charge is 0.391 e. The average molecular weight is 169 g/mol. The molecule has 0 aromatic carbocycles. The minimum absolute atomic E-state index is 0.0769. The molecule has 2 nitrogen and oxygen atoms in total. The summed E-state index contributed by atoms with van der Waals surface area (Å²) in [5, 5.41) is 9.76. The summed E-state index contributed by atoms with van der Waals surface area (Å²) >= 11 is 0. The lowest BCUT2D eigenvalue weighted by molar-refractivity contribution is -0.0375. The van der Waals surface area contributed by atoms with Gasteiger partial charge in [-0.2, -0.15) is 0 Å². The highest BCUT2D eigenvalue weighted by Gasteiger charge is 2.36. The monoisotopic (exact) mass is 169 g/mol. The quantitative estimate of drug-likeness (QED) is 0.632. The highest BCUT2D eigenvalue weighted by molar-refractivity contribution is 4.94. The molecule has 0 spiro atoms. The first-order valence-electron chi connectivity index (χ1n) is 4.63. The maximum atomic E-state index is 9.76. The van der Waals surface area contributed by atoms with Crippen molar-refractivity contribution in [2.75, 3.05) is 13.1 Å². The van der Waals surface area contributed by atoms with Crippen molar-refractivity contribution in [2.24, 2.45) is 0 Å². The highest BCUT2D eigenvalue weighted by Crippen LogP contribution is 2.27. The van der Waals surface area contributed by atoms with Crippen LogP contribution in [0.25, 0.3) is 0 Å². The molecule has 1 aliphatic heterocycles. The zero-order valence-corrected chi connectivity index (χ0v) is 8.08. The normalized spacial score (nSPS) is 30.1. The van der Waals surface area contributed by atoms with Gasteiger partial charge in [0.25, 0.3) is 0 Å². The van der Waals surface area contributed by atoms with Gasteiger partial charge in [-0.25, -0.2) is 0 Å². The smallest absolute Gasteiger partial charge is 0.0719 e. The van der Waals surface area contributed by atoms with Gasteiger partial charge in [0, 0.05) is 12.1 Å². The standard InChI is InChI=1S/C10H19NO/c1-4-7-11-8-5-6-9(12)10(11,2)3/h4,9,12H,1,5-8H2,2-3H3. The van der Waals surface area contributed by atoms with Crippen molar-refractivity contribution >= 4 is 0 Å². The number of hydrogen-bond acceptors (Lipinski definition) is 2. The van der Waals surface area contributed by atoms with E-state index in [4.69, 9.17) is 0 Å². The third-order valence-corrected chi connectivity index (χ3v) is 2.89. The molecule has 1 N–H and O–H groups in total. The zero-order valence-electron chi connectivity index (χ0n) is 8.08. The van der Waals surface area contributed by atoms with Crippen LogP contribution < -0.4 is 0 Å². The van der Waals surface area contributed by atoms with Gasteiger partial charge in [-0.15, -0.1) is 6.58 Å². The molecule has 1 saturated heterocycles. The van der Waals surface area contributed by atoms with E-state index >= 15 is 0 Å². The van der Waals surface area contributed by atoms with Crippen molar-refractivity contribution < 1.29 is 5.11 Å². The van der Waals surface area contributed by atoms with Crippen LogP contribution >= 0.6 is 0 Å². The lowest BCUT2D eigenvalue weighted by Gasteiger charge is -2.45. The summed E-state index contributed by atoms with van der Waals surface area (Å²) in [6.45, 7) is 9.88. The van der Waals surface area contributed by atoms with Crippen LogP contribution in [-0.2, 0) is 0 Å². The molecule has 1 rings (SSSR count). The van der Waals surface area contributed by atoms with E-state index < -0.39 is 0 Å². The highest BCUT2D eigenvalue weighted by atomic mass is 16.3. The molecule has 70 valence electrons. The van der Waals surface area contributed by atoms with Crippen LogP contribution in [0.4, 0.5) is 0 Å². The molecule has 1 heterocycles. The van der Waals surface area contributed by atoms with E-state index in [-0.39, 0.29) is 11.6 Å². The number of aliphatic hydroxyl groups excluding tert-OH is 1. The molecule has 12 heavy (non-hydrogen) atoms. The molecule has 1 unspecified atom stereocenters. The Morgan fingerprint density at radius 3 is 2.92 bits per heavy atom. The van der Waals surface area contributed by atoms with E-state index in [0.717, 1.165) is 25.9 Å². The summed E-state index contributed by atoms with van der Waals surface area (Å²) in [4.78, 5) is 2.29. The molecule has 1 fully saturated rings. The van der Waals surface area contributed by atoms with Crippen molar-refractivity contribution in [3.63, 3.8) is 0 Å². The van der Waals surface area contributed by atoms with E-state index in [2.05, 4.69) is 25.3 Å². The van der Waals surface area contributed by atoms with E-state index in [1.165, 1.54) is 0 Å². The second kappa shape index (κ2) is 3.58. The Morgan fingerprint density at radius 1 is 1.67 bits per heavy atom. The molecule has 0 aliphatic carbocycles. The maximum Gasteiger partial charge on any atom is 0.0719 e. The van der Waals surface area contributed by atoms with Crippen LogP contribution in [0.2, 0.25) is 0 Å². The minimum atomic E-state index is -0.189. The van der Waals surface area contributed by atoms with Gasteiger partial charge in [-0.05, 0) is 33.2 Å². The molecule has 0 aromatic heterocycles. The van der Waals surface area contributed by atoms with Crippen LogP contribution in [0.1, 0.15) is 26.7 Å². The van der Waals surface area contributed by atoms with Crippen LogP contribution in [0.3, 0.4) is 0 Å². The SMILES string of the molecule is C=CCN1CCCC(O)C1(C)C. The molecule has 0 amide bonds. The predicted octanol–water partition coefficient (Wildman–Crippen LogP) is 1.41. The van der Waals surface area contributed by atoms with E-state index in [0.29, 0.717) is 0 Å². The summed E-state index contributed by atoms with van der Waals surface area (Å²) < 4.78 is 0. The van der Waals surface area contributed by atoms with Crippen molar-refractivity contribution in [2.45, 2.75) is 38.3 Å². The number of likely N-dealkylation sites (tertiary alicyclic amines) is 1. The van der Waals surface area contributed by atoms with E-state index in [9.17, 15) is 5.11 Å². The Hall–Kier alpha value is -0.340. The summed E-state index contributed by atoms with van der Waals surface area (Å²) in [5.74, 6) is 0. The van der Waals surface area contributed by atoms with Crippen molar-refractivity contribution in [3.8, 4) is 0 Å². The molecule has 1 aliphatic rings. The number of hydrogen-bond donors (Lipinski definition) is 1. The molecule has 2 heteroatoms. The zero-order chi connectivity index (χ0) is 9.19. The minimum Gasteiger partial charge on any atom is -0.391 e. The number of piperidine rings is 1. The summed E-state index contributed by atoms with van der Waals surface area (Å²) in [6.07, 6.45) is 3.74. The first-order valence-corrected chi connectivity index (χ1v) is 4.63. The van der Waals surface area contributed by atoms with Gasteiger partial charge < -0.3 is 5.11 Å².